The van der Waals surface area contributed by atoms with E-state index in [9.17, 15) is 9.59 Å². The number of pyridine rings is 1. The molecular weight excluding hydrogens is 516 g/mol. The van der Waals surface area contributed by atoms with Gasteiger partial charge in [-0.25, -0.2) is 15.1 Å². The Morgan fingerprint density at radius 3 is 2.72 bits per heavy atom. The second kappa shape index (κ2) is 8.75. The largest absolute Gasteiger partial charge is 0.362 e. The minimum Gasteiger partial charge on any atom is -0.362 e. The predicted octanol–water partition coefficient (Wildman–Crippen LogP) is 5.37. The van der Waals surface area contributed by atoms with Gasteiger partial charge in [-0.1, -0.05) is 30.8 Å². The number of carbonyl (C=O) groups is 2. The Hall–Kier alpha value is -3.71. The van der Waals surface area contributed by atoms with E-state index in [1.165, 1.54) is 0 Å². The summed E-state index contributed by atoms with van der Waals surface area (Å²) in [7, 11) is 2.06. The summed E-state index contributed by atoms with van der Waals surface area (Å²) in [4.78, 5) is 30.1. The number of hydrogen-bond donors (Lipinski definition) is 2. The number of ketones is 1. The van der Waals surface area contributed by atoms with Gasteiger partial charge >= 0.3 is 5.91 Å². The lowest BCUT2D eigenvalue weighted by Gasteiger charge is -2.37. The molecule has 1 aliphatic carbocycles. The van der Waals surface area contributed by atoms with Crippen LogP contribution in [0, 0.1) is 5.92 Å². The standard InChI is InChI=1S/C29H25BrN4O2/c1-16-26(29(36)33-25-13-11-18(30)15-31-25)27(28-21(32-16)7-5-9-24(28)35)17-10-12-23-20(14-17)19-6-3-4-8-22(19)34(23)2/h3-4,6,8,10-15,26-27,32H,1,5,7,9H2,2H3,(H,31,33,36)/p+1. The summed E-state index contributed by atoms with van der Waals surface area (Å²) >= 11 is 3.41. The van der Waals surface area contributed by atoms with Crippen molar-refractivity contribution in [2.45, 2.75) is 25.2 Å². The SMILES string of the molecule is C=C1NC2=C(C(=O)CCC2)C(c2ccc3c(c2)c2ccccc2n3C)C1C(=O)Nc1ccc(Br)c[nH+]1. The third-order valence-corrected chi connectivity index (χ3v) is 7.89. The van der Waals surface area contributed by atoms with Gasteiger partial charge < -0.3 is 9.88 Å². The highest BCUT2D eigenvalue weighted by Gasteiger charge is 2.44. The predicted molar refractivity (Wildman–Crippen MR) is 144 cm³/mol. The van der Waals surface area contributed by atoms with Crippen molar-refractivity contribution in [1.29, 1.82) is 0 Å². The molecule has 0 radical (unpaired) electrons. The molecule has 0 saturated heterocycles. The first kappa shape index (κ1) is 22.7. The zero-order valence-corrected chi connectivity index (χ0v) is 21.5. The minimum absolute atomic E-state index is 0.104. The van der Waals surface area contributed by atoms with E-state index in [0.717, 1.165) is 50.4 Å². The molecule has 2 atom stereocenters. The summed E-state index contributed by atoms with van der Waals surface area (Å²) in [6.45, 7) is 4.24. The van der Waals surface area contributed by atoms with Gasteiger partial charge in [-0.2, -0.15) is 0 Å². The number of nitrogens with one attached hydrogen (secondary N) is 3. The van der Waals surface area contributed by atoms with Gasteiger partial charge in [0.2, 0.25) is 0 Å². The molecule has 0 spiro atoms. The summed E-state index contributed by atoms with van der Waals surface area (Å²) < 4.78 is 3.06. The maximum absolute atomic E-state index is 13.7. The van der Waals surface area contributed by atoms with Gasteiger partial charge in [-0.05, 0) is 58.6 Å². The Labute approximate surface area is 217 Å². The maximum Gasteiger partial charge on any atom is 0.317 e. The van der Waals surface area contributed by atoms with E-state index in [0.29, 0.717) is 23.5 Å². The summed E-state index contributed by atoms with van der Waals surface area (Å²) in [5.74, 6) is -0.587. The molecule has 36 heavy (non-hydrogen) atoms. The van der Waals surface area contributed by atoms with Crippen molar-refractivity contribution in [1.82, 2.24) is 9.88 Å². The van der Waals surface area contributed by atoms with E-state index in [2.05, 4.69) is 80.1 Å². The van der Waals surface area contributed by atoms with E-state index < -0.39 is 11.8 Å². The molecule has 4 aromatic rings. The number of amides is 1. The number of benzene rings is 2. The smallest absolute Gasteiger partial charge is 0.317 e. The van der Waals surface area contributed by atoms with Crippen LogP contribution in [-0.2, 0) is 16.6 Å². The number of aromatic amines is 1. The van der Waals surface area contributed by atoms with Crippen LogP contribution < -0.4 is 15.6 Å². The van der Waals surface area contributed by atoms with Crippen LogP contribution in [0.15, 0.2) is 88.8 Å². The Bertz CT molecular complexity index is 1600. The molecule has 6 rings (SSSR count). The second-order valence-corrected chi connectivity index (χ2v) is 10.5. The van der Waals surface area contributed by atoms with Gasteiger partial charge in [0, 0.05) is 64.2 Å². The quantitative estimate of drug-likeness (QED) is 0.366. The third-order valence-electron chi connectivity index (χ3n) is 7.40. The second-order valence-electron chi connectivity index (χ2n) is 9.54. The number of fused-ring (bicyclic) bond motifs is 3. The Kier molecular flexibility index (Phi) is 5.52. The van der Waals surface area contributed by atoms with Crippen LogP contribution in [0.25, 0.3) is 21.8 Å². The van der Waals surface area contributed by atoms with Crippen molar-refractivity contribution >= 4 is 55.2 Å². The number of para-hydroxylation sites is 1. The highest BCUT2D eigenvalue weighted by molar-refractivity contribution is 9.10. The van der Waals surface area contributed by atoms with E-state index in [1.807, 2.05) is 18.2 Å². The summed E-state index contributed by atoms with van der Waals surface area (Å²) in [5.41, 5.74) is 5.44. The molecule has 3 N–H and O–H groups in total. The molecule has 1 amide bonds. The van der Waals surface area contributed by atoms with Gasteiger partial charge in [-0.3, -0.25) is 4.79 Å². The molecule has 180 valence electrons. The average Bonchev–Trinajstić information content (AvgIpc) is 3.16. The van der Waals surface area contributed by atoms with Gasteiger partial charge in [0.25, 0.3) is 5.82 Å². The number of hydrogen-bond acceptors (Lipinski definition) is 3. The lowest BCUT2D eigenvalue weighted by molar-refractivity contribution is -0.361. The first-order chi connectivity index (χ1) is 17.4. The number of nitrogens with zero attached hydrogens (tertiary/aromatic N) is 1. The monoisotopic (exact) mass is 541 g/mol. The Morgan fingerprint density at radius 2 is 1.92 bits per heavy atom. The molecule has 2 aromatic heterocycles. The highest BCUT2D eigenvalue weighted by Crippen LogP contribution is 2.45. The number of rotatable bonds is 3. The number of halogens is 1. The fraction of sp³-hybridized carbons (Fsp3) is 0.207. The van der Waals surface area contributed by atoms with Crippen molar-refractivity contribution in [2.24, 2.45) is 13.0 Å². The van der Waals surface area contributed by atoms with Crippen molar-refractivity contribution in [2.75, 3.05) is 5.32 Å². The number of Topliss-reactive ketones (excluding diaryl/α,β-unsaturated/α-hetero) is 1. The average molecular weight is 542 g/mol. The number of aromatic nitrogens is 2. The number of carbonyl (C=O) groups excluding carboxylic acids is 2. The molecule has 2 aliphatic rings. The van der Waals surface area contributed by atoms with E-state index in [4.69, 9.17) is 0 Å². The van der Waals surface area contributed by atoms with Crippen LogP contribution >= 0.6 is 15.9 Å². The topological polar surface area (TPSA) is 77.3 Å². The van der Waals surface area contributed by atoms with Gasteiger partial charge in [0.15, 0.2) is 5.78 Å². The van der Waals surface area contributed by atoms with Crippen molar-refractivity contribution in [3.63, 3.8) is 0 Å². The number of anilines is 1. The molecule has 0 bridgehead atoms. The lowest BCUT2D eigenvalue weighted by Crippen LogP contribution is -2.42. The van der Waals surface area contributed by atoms with E-state index in [-0.39, 0.29) is 11.7 Å². The Balaban J connectivity index is 1.50. The lowest BCUT2D eigenvalue weighted by atomic mass is 9.71. The van der Waals surface area contributed by atoms with E-state index in [1.54, 1.807) is 12.3 Å². The fourth-order valence-corrected chi connectivity index (χ4v) is 5.98. The van der Waals surface area contributed by atoms with Crippen molar-refractivity contribution in [3.05, 3.63) is 94.4 Å². The first-order valence-corrected chi connectivity index (χ1v) is 12.9. The van der Waals surface area contributed by atoms with E-state index >= 15 is 0 Å². The molecule has 2 aromatic carbocycles. The molecular formula is C29H26BrN4O2+. The Morgan fingerprint density at radius 1 is 1.11 bits per heavy atom. The molecule has 6 nitrogen and oxygen atoms in total. The normalized spacial score (nSPS) is 19.9. The summed E-state index contributed by atoms with van der Waals surface area (Å²) in [6.07, 6.45) is 3.84. The van der Waals surface area contributed by atoms with Gasteiger partial charge in [0.1, 0.15) is 12.1 Å². The molecule has 7 heteroatoms. The summed E-state index contributed by atoms with van der Waals surface area (Å²) in [5, 5.41) is 8.59. The van der Waals surface area contributed by atoms with Crippen LogP contribution in [0.2, 0.25) is 0 Å². The molecule has 1 aliphatic heterocycles. The molecule has 0 fully saturated rings. The minimum atomic E-state index is -0.643. The highest BCUT2D eigenvalue weighted by atomic mass is 79.9. The van der Waals surface area contributed by atoms with Crippen LogP contribution in [0.4, 0.5) is 5.82 Å². The number of aryl methyl sites for hydroxylation is 1. The number of H-pyrrole nitrogens is 1. The van der Waals surface area contributed by atoms with Crippen LogP contribution in [0.3, 0.4) is 0 Å². The third kappa shape index (κ3) is 3.66. The van der Waals surface area contributed by atoms with Crippen LogP contribution in [0.5, 0.6) is 0 Å². The zero-order valence-electron chi connectivity index (χ0n) is 19.9. The molecule has 2 unspecified atom stereocenters. The van der Waals surface area contributed by atoms with Gasteiger partial charge in [-0.15, -0.1) is 0 Å². The van der Waals surface area contributed by atoms with Gasteiger partial charge in [0.05, 0.1) is 4.47 Å². The summed E-state index contributed by atoms with van der Waals surface area (Å²) in [6, 6.07) is 18.3. The molecule has 3 heterocycles. The first-order valence-electron chi connectivity index (χ1n) is 12.1. The van der Waals surface area contributed by atoms with Crippen molar-refractivity contribution in [3.8, 4) is 0 Å². The maximum atomic E-state index is 13.7. The van der Waals surface area contributed by atoms with Crippen LogP contribution in [-0.4, -0.2) is 16.3 Å². The fourth-order valence-electron chi connectivity index (χ4n) is 5.74. The van der Waals surface area contributed by atoms with Crippen molar-refractivity contribution < 1.29 is 14.6 Å². The molecule has 0 saturated carbocycles. The van der Waals surface area contributed by atoms with Crippen LogP contribution in [0.1, 0.15) is 30.7 Å². The number of allylic oxidation sites excluding steroid dienone is 2. The zero-order chi connectivity index (χ0) is 25.0.